The van der Waals surface area contributed by atoms with E-state index in [0.29, 0.717) is 31.4 Å². The Kier molecular flexibility index (Phi) is 8.31. The molecule has 0 unspecified atom stereocenters. The number of aliphatic imine (C=N–C) groups is 1. The molecule has 0 aromatic heterocycles. The van der Waals surface area contributed by atoms with Crippen LogP contribution in [0.15, 0.2) is 41.4 Å². The summed E-state index contributed by atoms with van der Waals surface area (Å²) in [6.45, 7) is 1.54. The van der Waals surface area contributed by atoms with Crippen molar-refractivity contribution in [1.29, 1.82) is 0 Å². The molecule has 0 amide bonds. The molecule has 0 bridgehead atoms. The molecule has 6 nitrogen and oxygen atoms in total. The highest BCUT2D eigenvalue weighted by Gasteiger charge is 2.18. The topological polar surface area (TPSA) is 55.3 Å². The number of rotatable bonds is 5. The van der Waals surface area contributed by atoms with Gasteiger partial charge >= 0.3 is 0 Å². The van der Waals surface area contributed by atoms with Crippen LogP contribution in [-0.2, 0) is 24.4 Å². The quantitative estimate of drug-likeness (QED) is 0.386. The van der Waals surface area contributed by atoms with Crippen LogP contribution in [0.1, 0.15) is 16.7 Å². The minimum atomic E-state index is -0.308. The molecule has 8 heteroatoms. The summed E-state index contributed by atoms with van der Waals surface area (Å²) < 4.78 is 30.1. The van der Waals surface area contributed by atoms with E-state index in [2.05, 4.69) is 10.3 Å². The summed E-state index contributed by atoms with van der Waals surface area (Å²) in [7, 11) is 5.31. The van der Waals surface area contributed by atoms with Gasteiger partial charge in [-0.15, -0.1) is 24.0 Å². The first-order chi connectivity index (χ1) is 13.1. The first-order valence-corrected chi connectivity index (χ1v) is 8.68. The van der Waals surface area contributed by atoms with Crippen LogP contribution < -0.4 is 14.8 Å². The molecule has 0 fully saturated rings. The van der Waals surface area contributed by atoms with E-state index in [0.717, 1.165) is 22.4 Å². The van der Waals surface area contributed by atoms with Gasteiger partial charge in [-0.05, 0) is 18.2 Å². The molecule has 1 heterocycles. The number of hydrogen-bond donors (Lipinski definition) is 1. The van der Waals surface area contributed by atoms with Crippen molar-refractivity contribution in [2.24, 2.45) is 4.99 Å². The second kappa shape index (κ2) is 10.5. The van der Waals surface area contributed by atoms with E-state index in [4.69, 9.17) is 14.2 Å². The second-order valence-electron chi connectivity index (χ2n) is 6.23. The van der Waals surface area contributed by atoms with E-state index in [9.17, 15) is 4.39 Å². The van der Waals surface area contributed by atoms with Gasteiger partial charge in [0.2, 0.25) is 0 Å². The number of methoxy groups -OCH3 is 1. The van der Waals surface area contributed by atoms with Gasteiger partial charge in [-0.3, -0.25) is 4.99 Å². The predicted octanol–water partition coefficient (Wildman–Crippen LogP) is 3.53. The summed E-state index contributed by atoms with van der Waals surface area (Å²) in [6.07, 6.45) is 0. The van der Waals surface area contributed by atoms with Crippen LogP contribution in [0.4, 0.5) is 4.39 Å². The molecule has 0 saturated heterocycles. The maximum Gasteiger partial charge on any atom is 0.193 e. The summed E-state index contributed by atoms with van der Waals surface area (Å²) in [5.74, 6) is 1.88. The molecule has 0 saturated carbocycles. The molecule has 1 N–H and O–H groups in total. The lowest BCUT2D eigenvalue weighted by atomic mass is 10.1. The molecule has 1 aliphatic rings. The molecule has 0 radical (unpaired) electrons. The standard InChI is InChI=1S/C20H24FN3O3.HI/c1-22-20(24(2)11-14-6-4-5-7-18(14)25-3)23-10-15-8-17(21)9-16-12-26-13-27-19(15)16;/h4-9H,10-13H2,1-3H3,(H,22,23);1H. The highest BCUT2D eigenvalue weighted by molar-refractivity contribution is 14.0. The minimum absolute atomic E-state index is 0. The van der Waals surface area contributed by atoms with Gasteiger partial charge in [-0.2, -0.15) is 0 Å². The summed E-state index contributed by atoms with van der Waals surface area (Å²) in [5, 5.41) is 3.27. The zero-order valence-corrected chi connectivity index (χ0v) is 18.5. The summed E-state index contributed by atoms with van der Waals surface area (Å²) in [4.78, 5) is 6.30. The Morgan fingerprint density at radius 2 is 2.07 bits per heavy atom. The van der Waals surface area contributed by atoms with Gasteiger partial charge in [0.25, 0.3) is 0 Å². The van der Waals surface area contributed by atoms with Crippen LogP contribution in [0.25, 0.3) is 0 Å². The van der Waals surface area contributed by atoms with Gasteiger partial charge < -0.3 is 24.4 Å². The van der Waals surface area contributed by atoms with Crippen LogP contribution in [-0.4, -0.2) is 38.9 Å². The van der Waals surface area contributed by atoms with E-state index in [1.807, 2.05) is 36.2 Å². The van der Waals surface area contributed by atoms with Crippen molar-refractivity contribution in [2.75, 3.05) is 28.0 Å². The molecular formula is C20H25FIN3O3. The maximum atomic E-state index is 13.9. The number of para-hydroxylation sites is 1. The third kappa shape index (κ3) is 5.26. The van der Waals surface area contributed by atoms with Crippen molar-refractivity contribution < 1.29 is 18.6 Å². The van der Waals surface area contributed by atoms with Crippen LogP contribution >= 0.6 is 24.0 Å². The Morgan fingerprint density at radius 3 is 2.82 bits per heavy atom. The zero-order valence-electron chi connectivity index (χ0n) is 16.2. The van der Waals surface area contributed by atoms with Gasteiger partial charge in [0.05, 0.1) is 13.7 Å². The van der Waals surface area contributed by atoms with Crippen LogP contribution in [0.2, 0.25) is 0 Å². The van der Waals surface area contributed by atoms with E-state index in [-0.39, 0.29) is 36.6 Å². The monoisotopic (exact) mass is 501 g/mol. The Balaban J connectivity index is 0.00000280. The van der Waals surface area contributed by atoms with Crippen molar-refractivity contribution in [2.45, 2.75) is 19.7 Å². The SMILES string of the molecule is CN=C(NCc1cc(F)cc2c1OCOC2)N(C)Cc1ccccc1OC.I. The van der Waals surface area contributed by atoms with Crippen molar-refractivity contribution in [3.8, 4) is 11.5 Å². The van der Waals surface area contributed by atoms with Gasteiger partial charge in [-0.1, -0.05) is 18.2 Å². The molecule has 152 valence electrons. The van der Waals surface area contributed by atoms with Crippen LogP contribution in [0, 0.1) is 5.82 Å². The fraction of sp³-hybridized carbons (Fsp3) is 0.350. The third-order valence-corrected chi connectivity index (χ3v) is 4.36. The smallest absolute Gasteiger partial charge is 0.193 e. The molecule has 2 aromatic rings. The fourth-order valence-corrected chi connectivity index (χ4v) is 3.11. The zero-order chi connectivity index (χ0) is 19.2. The first-order valence-electron chi connectivity index (χ1n) is 8.68. The highest BCUT2D eigenvalue weighted by Crippen LogP contribution is 2.29. The predicted molar refractivity (Wildman–Crippen MR) is 117 cm³/mol. The van der Waals surface area contributed by atoms with Crippen molar-refractivity contribution in [3.05, 3.63) is 58.9 Å². The third-order valence-electron chi connectivity index (χ3n) is 4.36. The van der Waals surface area contributed by atoms with Gasteiger partial charge in [0.15, 0.2) is 12.8 Å². The molecule has 0 aliphatic carbocycles. The summed E-state index contributed by atoms with van der Waals surface area (Å²) >= 11 is 0. The maximum absolute atomic E-state index is 13.9. The van der Waals surface area contributed by atoms with Crippen molar-refractivity contribution >= 4 is 29.9 Å². The van der Waals surface area contributed by atoms with E-state index < -0.39 is 0 Å². The average Bonchev–Trinajstić information content (AvgIpc) is 2.68. The lowest BCUT2D eigenvalue weighted by Gasteiger charge is -2.25. The van der Waals surface area contributed by atoms with Gasteiger partial charge in [-0.25, -0.2) is 4.39 Å². The van der Waals surface area contributed by atoms with Gasteiger partial charge in [0, 0.05) is 43.9 Å². The van der Waals surface area contributed by atoms with Gasteiger partial charge in [0.1, 0.15) is 17.3 Å². The number of benzene rings is 2. The molecule has 0 spiro atoms. The minimum Gasteiger partial charge on any atom is -0.496 e. The number of nitrogens with one attached hydrogen (secondary N) is 1. The van der Waals surface area contributed by atoms with E-state index >= 15 is 0 Å². The number of hydrogen-bond acceptors (Lipinski definition) is 4. The number of ether oxygens (including phenoxy) is 3. The molecule has 2 aromatic carbocycles. The number of halogens is 2. The first kappa shape index (κ1) is 22.2. The number of nitrogens with zero attached hydrogens (tertiary/aromatic N) is 2. The Bertz CT molecular complexity index is 832. The number of fused-ring (bicyclic) bond motifs is 1. The fourth-order valence-electron chi connectivity index (χ4n) is 3.11. The normalized spacial score (nSPS) is 13.1. The Morgan fingerprint density at radius 1 is 1.29 bits per heavy atom. The molecular weight excluding hydrogens is 476 g/mol. The lowest BCUT2D eigenvalue weighted by molar-refractivity contribution is -0.0173. The average molecular weight is 501 g/mol. The highest BCUT2D eigenvalue weighted by atomic mass is 127. The number of guanidine groups is 1. The lowest BCUT2D eigenvalue weighted by Crippen LogP contribution is -2.38. The van der Waals surface area contributed by atoms with Crippen molar-refractivity contribution in [3.63, 3.8) is 0 Å². The molecule has 0 atom stereocenters. The largest absolute Gasteiger partial charge is 0.496 e. The molecule has 1 aliphatic heterocycles. The Hall–Kier alpha value is -2.07. The summed E-state index contributed by atoms with van der Waals surface area (Å²) in [6, 6.07) is 10.8. The second-order valence-corrected chi connectivity index (χ2v) is 6.23. The van der Waals surface area contributed by atoms with E-state index in [1.165, 1.54) is 12.1 Å². The van der Waals surface area contributed by atoms with Crippen molar-refractivity contribution in [1.82, 2.24) is 10.2 Å². The molecule has 28 heavy (non-hydrogen) atoms. The van der Waals surface area contributed by atoms with Crippen LogP contribution in [0.5, 0.6) is 11.5 Å². The molecule has 3 rings (SSSR count). The van der Waals surface area contributed by atoms with Crippen LogP contribution in [0.3, 0.4) is 0 Å². The Labute approximate surface area is 181 Å². The summed E-state index contributed by atoms with van der Waals surface area (Å²) in [5.41, 5.74) is 2.50. The van der Waals surface area contributed by atoms with E-state index in [1.54, 1.807) is 14.2 Å².